The van der Waals surface area contributed by atoms with Crippen LogP contribution in [0, 0.1) is 0 Å². The Bertz CT molecular complexity index is 256. The lowest BCUT2D eigenvalue weighted by Gasteiger charge is -2.34. The van der Waals surface area contributed by atoms with E-state index in [1.54, 1.807) is 20.8 Å². The van der Waals surface area contributed by atoms with E-state index in [4.69, 9.17) is 4.74 Å². The van der Waals surface area contributed by atoms with Gasteiger partial charge in [-0.05, 0) is 33.6 Å². The number of hydrogen-bond donors (Lipinski definition) is 1. The van der Waals surface area contributed by atoms with Gasteiger partial charge in [0.25, 0.3) is 0 Å². The molecule has 0 aromatic rings. The third-order valence-corrected chi connectivity index (χ3v) is 3.06. The van der Waals surface area contributed by atoms with Crippen molar-refractivity contribution in [3.63, 3.8) is 0 Å². The first-order chi connectivity index (χ1) is 5.86. The maximum Gasteiger partial charge on any atom is 0.413 e. The zero-order chi connectivity index (χ0) is 9.85. The number of carbonyl (C=O) groups is 1. The Hall–Kier alpha value is -0.770. The maximum absolute atomic E-state index is 11.4. The molecule has 1 N–H and O–H groups in total. The van der Waals surface area contributed by atoms with Crippen molar-refractivity contribution in [1.82, 2.24) is 4.90 Å². The van der Waals surface area contributed by atoms with E-state index in [9.17, 15) is 9.90 Å². The number of ether oxygens (including phenoxy) is 1. The molecule has 1 heterocycles. The summed E-state index contributed by atoms with van der Waals surface area (Å²) in [5.41, 5.74) is -1.99. The van der Waals surface area contributed by atoms with Crippen molar-refractivity contribution in [2.24, 2.45) is 0 Å². The van der Waals surface area contributed by atoms with E-state index >= 15 is 0 Å². The van der Waals surface area contributed by atoms with Crippen LogP contribution in [0.3, 0.4) is 0 Å². The summed E-state index contributed by atoms with van der Waals surface area (Å²) in [5.74, 6) is 0. The Morgan fingerprint density at radius 3 is 2.31 bits per heavy atom. The lowest BCUT2D eigenvalue weighted by Crippen LogP contribution is -2.54. The van der Waals surface area contributed by atoms with Crippen LogP contribution in [0.25, 0.3) is 0 Å². The molecule has 1 atom stereocenters. The zero-order valence-electron chi connectivity index (χ0n) is 8.20. The van der Waals surface area contributed by atoms with E-state index < -0.39 is 17.4 Å². The summed E-state index contributed by atoms with van der Waals surface area (Å²) >= 11 is 0. The van der Waals surface area contributed by atoms with Gasteiger partial charge in [-0.1, -0.05) is 0 Å². The van der Waals surface area contributed by atoms with Crippen LogP contribution in [0.15, 0.2) is 0 Å². The third-order valence-electron chi connectivity index (χ3n) is 3.06. The number of cyclic esters (lactones) is 1. The molecule has 0 radical (unpaired) electrons. The van der Waals surface area contributed by atoms with Gasteiger partial charge in [0.1, 0.15) is 0 Å². The highest BCUT2D eigenvalue weighted by Crippen LogP contribution is 2.43. The Morgan fingerprint density at radius 2 is 2.00 bits per heavy atom. The fraction of sp³-hybridized carbons (Fsp3) is 0.889. The summed E-state index contributed by atoms with van der Waals surface area (Å²) in [6, 6.07) is 0.185. The molecule has 1 aliphatic heterocycles. The SMILES string of the molecule is CC1(C)OC(=O)N(C2CC2)[C@@]1(C)O. The highest BCUT2D eigenvalue weighted by Gasteiger charge is 2.60. The topological polar surface area (TPSA) is 49.8 Å². The Labute approximate surface area is 77.5 Å². The second-order valence-electron chi connectivity index (χ2n) is 4.50. The largest absolute Gasteiger partial charge is 0.438 e. The minimum atomic E-state index is -1.18. The number of aliphatic hydroxyl groups is 1. The van der Waals surface area contributed by atoms with Gasteiger partial charge < -0.3 is 9.84 Å². The molecular weight excluding hydrogens is 170 g/mol. The van der Waals surface area contributed by atoms with Gasteiger partial charge in [-0.25, -0.2) is 4.79 Å². The monoisotopic (exact) mass is 185 g/mol. The van der Waals surface area contributed by atoms with Gasteiger partial charge in [0, 0.05) is 6.04 Å². The molecule has 4 nitrogen and oxygen atoms in total. The van der Waals surface area contributed by atoms with Crippen LogP contribution in [0.2, 0.25) is 0 Å². The molecule has 74 valence electrons. The normalized spacial score (nSPS) is 37.8. The number of amides is 1. The van der Waals surface area contributed by atoms with Crippen molar-refractivity contribution in [3.05, 3.63) is 0 Å². The molecule has 1 amide bonds. The van der Waals surface area contributed by atoms with E-state index in [1.165, 1.54) is 4.90 Å². The standard InChI is InChI=1S/C9H15NO3/c1-8(2)9(3,12)10(6-4-5-6)7(11)13-8/h6,12H,4-5H2,1-3H3/t9-/m0/s1. The van der Waals surface area contributed by atoms with Gasteiger partial charge in [0.15, 0.2) is 11.3 Å². The summed E-state index contributed by atoms with van der Waals surface area (Å²) in [7, 11) is 0. The molecule has 1 aliphatic carbocycles. The molecule has 1 saturated heterocycles. The van der Waals surface area contributed by atoms with Crippen LogP contribution in [-0.4, -0.2) is 33.5 Å². The van der Waals surface area contributed by atoms with Crippen LogP contribution in [0.5, 0.6) is 0 Å². The second kappa shape index (κ2) is 2.18. The fourth-order valence-corrected chi connectivity index (χ4v) is 1.67. The van der Waals surface area contributed by atoms with Gasteiger partial charge in [-0.2, -0.15) is 0 Å². The van der Waals surface area contributed by atoms with Gasteiger partial charge in [-0.3, -0.25) is 4.90 Å². The predicted octanol–water partition coefficient (Wildman–Crippen LogP) is 1.09. The molecule has 0 bridgehead atoms. The van der Waals surface area contributed by atoms with E-state index in [0.29, 0.717) is 0 Å². The minimum absolute atomic E-state index is 0.185. The summed E-state index contributed by atoms with van der Waals surface area (Å²) in [6.45, 7) is 5.09. The Balaban J connectivity index is 2.32. The van der Waals surface area contributed by atoms with Gasteiger partial charge in [-0.15, -0.1) is 0 Å². The molecule has 0 aromatic heterocycles. The lowest BCUT2D eigenvalue weighted by atomic mass is 9.96. The average Bonchev–Trinajstić information content (AvgIpc) is 2.65. The molecule has 2 fully saturated rings. The van der Waals surface area contributed by atoms with Crippen molar-refractivity contribution in [2.75, 3.05) is 0 Å². The smallest absolute Gasteiger partial charge is 0.413 e. The summed E-state index contributed by atoms with van der Waals surface area (Å²) in [4.78, 5) is 12.9. The highest BCUT2D eigenvalue weighted by molar-refractivity contribution is 5.73. The molecule has 0 spiro atoms. The predicted molar refractivity (Wildman–Crippen MR) is 46.0 cm³/mol. The quantitative estimate of drug-likeness (QED) is 0.665. The van der Waals surface area contributed by atoms with Gasteiger partial charge in [0.2, 0.25) is 0 Å². The molecule has 2 rings (SSSR count). The van der Waals surface area contributed by atoms with E-state index in [1.807, 2.05) is 0 Å². The Morgan fingerprint density at radius 1 is 1.46 bits per heavy atom. The fourth-order valence-electron chi connectivity index (χ4n) is 1.67. The van der Waals surface area contributed by atoms with Crippen molar-refractivity contribution in [2.45, 2.75) is 51.0 Å². The van der Waals surface area contributed by atoms with Crippen molar-refractivity contribution < 1.29 is 14.6 Å². The van der Waals surface area contributed by atoms with Gasteiger partial charge >= 0.3 is 6.09 Å². The molecule has 1 saturated carbocycles. The first kappa shape index (κ1) is 8.81. The molecule has 0 unspecified atom stereocenters. The molecule has 0 aromatic carbocycles. The first-order valence-electron chi connectivity index (χ1n) is 4.61. The van der Waals surface area contributed by atoms with Crippen LogP contribution in [0.4, 0.5) is 4.79 Å². The minimum Gasteiger partial charge on any atom is -0.438 e. The van der Waals surface area contributed by atoms with Crippen molar-refractivity contribution in [3.8, 4) is 0 Å². The number of carbonyl (C=O) groups excluding carboxylic acids is 1. The summed E-state index contributed by atoms with van der Waals surface area (Å²) < 4.78 is 5.11. The average molecular weight is 185 g/mol. The lowest BCUT2D eigenvalue weighted by molar-refractivity contribution is -0.129. The van der Waals surface area contributed by atoms with E-state index in [0.717, 1.165) is 12.8 Å². The van der Waals surface area contributed by atoms with Crippen LogP contribution in [-0.2, 0) is 4.74 Å². The number of hydrogen-bond acceptors (Lipinski definition) is 3. The molecule has 2 aliphatic rings. The molecule has 13 heavy (non-hydrogen) atoms. The highest BCUT2D eigenvalue weighted by atomic mass is 16.6. The van der Waals surface area contributed by atoms with E-state index in [2.05, 4.69) is 0 Å². The number of rotatable bonds is 1. The molecular formula is C9H15NO3. The molecule has 4 heteroatoms. The third kappa shape index (κ3) is 1.05. The summed E-state index contributed by atoms with van der Waals surface area (Å²) in [6.07, 6.45) is 1.56. The summed E-state index contributed by atoms with van der Waals surface area (Å²) in [5, 5.41) is 10.1. The number of nitrogens with zero attached hydrogens (tertiary/aromatic N) is 1. The van der Waals surface area contributed by atoms with Crippen molar-refractivity contribution >= 4 is 6.09 Å². The van der Waals surface area contributed by atoms with E-state index in [-0.39, 0.29) is 6.04 Å². The second-order valence-corrected chi connectivity index (χ2v) is 4.50. The van der Waals surface area contributed by atoms with Crippen molar-refractivity contribution in [1.29, 1.82) is 0 Å². The van der Waals surface area contributed by atoms with Crippen LogP contribution < -0.4 is 0 Å². The zero-order valence-corrected chi connectivity index (χ0v) is 8.20. The first-order valence-corrected chi connectivity index (χ1v) is 4.61. The van der Waals surface area contributed by atoms with Crippen LogP contribution >= 0.6 is 0 Å². The Kier molecular flexibility index (Phi) is 1.48. The maximum atomic E-state index is 11.4. The van der Waals surface area contributed by atoms with Gasteiger partial charge in [0.05, 0.1) is 0 Å². The van der Waals surface area contributed by atoms with Crippen LogP contribution in [0.1, 0.15) is 33.6 Å².